The second kappa shape index (κ2) is 6.45. The molecule has 0 saturated carbocycles. The molecule has 1 unspecified atom stereocenters. The maximum Gasteiger partial charge on any atom is 0.220 e. The third kappa shape index (κ3) is 4.51. The lowest BCUT2D eigenvalue weighted by atomic mass is 10.1. The van der Waals surface area contributed by atoms with Crippen LogP contribution in [0.3, 0.4) is 0 Å². The fourth-order valence-electron chi connectivity index (χ4n) is 1.71. The molecular weight excluding hydrogens is 234 g/mol. The van der Waals surface area contributed by atoms with Crippen LogP contribution in [-0.2, 0) is 18.9 Å². The van der Waals surface area contributed by atoms with Gasteiger partial charge in [0, 0.05) is 0 Å². The molecule has 1 atom stereocenters. The fraction of sp³-hybridized carbons (Fsp3) is 0.692. The van der Waals surface area contributed by atoms with Crippen molar-refractivity contribution in [2.45, 2.75) is 38.7 Å². The summed E-state index contributed by atoms with van der Waals surface area (Å²) in [5.41, 5.74) is -0.280. The molecular formula is C13H21NO4. The molecule has 2 rings (SSSR count). The van der Waals surface area contributed by atoms with E-state index < -0.39 is 12.8 Å². The molecule has 5 heteroatoms. The summed E-state index contributed by atoms with van der Waals surface area (Å²) < 4.78 is 22.3. The number of hydrogen-bond acceptors (Lipinski definition) is 5. The van der Waals surface area contributed by atoms with E-state index in [1.807, 2.05) is 32.1 Å². The first-order valence-electron chi connectivity index (χ1n) is 6.24. The second-order valence-electron chi connectivity index (χ2n) is 4.85. The first-order valence-corrected chi connectivity index (χ1v) is 6.24. The maximum absolute atomic E-state index is 5.86. The van der Waals surface area contributed by atoms with Gasteiger partial charge in [0.25, 0.3) is 0 Å². The molecule has 0 fully saturated rings. The van der Waals surface area contributed by atoms with Crippen molar-refractivity contribution in [3.8, 4) is 0 Å². The molecule has 102 valence electrons. The Morgan fingerprint density at radius 2 is 1.44 bits per heavy atom. The van der Waals surface area contributed by atoms with Gasteiger partial charge in [0.2, 0.25) is 12.8 Å². The van der Waals surface area contributed by atoms with E-state index in [9.17, 15) is 0 Å². The van der Waals surface area contributed by atoms with Gasteiger partial charge < -0.3 is 18.9 Å². The first-order chi connectivity index (χ1) is 8.66. The molecule has 2 aliphatic rings. The highest BCUT2D eigenvalue weighted by Gasteiger charge is 2.26. The first kappa shape index (κ1) is 13.7. The van der Waals surface area contributed by atoms with Gasteiger partial charge in [-0.25, -0.2) is 5.32 Å². The molecule has 0 spiro atoms. The molecule has 0 aromatic heterocycles. The Kier molecular flexibility index (Phi) is 4.91. The second-order valence-corrected chi connectivity index (χ2v) is 4.85. The summed E-state index contributed by atoms with van der Waals surface area (Å²) >= 11 is 0. The number of rotatable bonds is 2. The Bertz CT molecular complexity index is 304. The van der Waals surface area contributed by atoms with Crippen molar-refractivity contribution in [1.82, 2.24) is 5.32 Å². The SMILES string of the molecule is CC1(C)C/C=C\COC(NC2OCC=CCO2)O1. The summed E-state index contributed by atoms with van der Waals surface area (Å²) in [6.07, 6.45) is 7.72. The van der Waals surface area contributed by atoms with Crippen molar-refractivity contribution in [3.63, 3.8) is 0 Å². The standard InChI is InChI=1S/C13H21NO4/c1-13(2)7-3-4-8-17-12(18-13)14-11-15-9-5-6-10-16-11/h3-6,11-12,14H,7-10H2,1-2H3/b4-3-. The lowest BCUT2D eigenvalue weighted by molar-refractivity contribution is -0.257. The van der Waals surface area contributed by atoms with Gasteiger partial charge in [-0.2, -0.15) is 0 Å². The predicted molar refractivity (Wildman–Crippen MR) is 66.6 cm³/mol. The monoisotopic (exact) mass is 255 g/mol. The maximum atomic E-state index is 5.86. The largest absolute Gasteiger partial charge is 0.336 e. The molecule has 1 N–H and O–H groups in total. The molecule has 18 heavy (non-hydrogen) atoms. The van der Waals surface area contributed by atoms with E-state index in [2.05, 4.69) is 11.4 Å². The van der Waals surface area contributed by atoms with Crippen LogP contribution in [0.25, 0.3) is 0 Å². The fourth-order valence-corrected chi connectivity index (χ4v) is 1.71. The van der Waals surface area contributed by atoms with Crippen LogP contribution in [0, 0.1) is 0 Å². The van der Waals surface area contributed by atoms with E-state index in [1.165, 1.54) is 0 Å². The smallest absolute Gasteiger partial charge is 0.220 e. The van der Waals surface area contributed by atoms with Gasteiger partial charge in [0.05, 0.1) is 25.4 Å². The average molecular weight is 255 g/mol. The van der Waals surface area contributed by atoms with Crippen molar-refractivity contribution in [1.29, 1.82) is 0 Å². The highest BCUT2D eigenvalue weighted by Crippen LogP contribution is 2.19. The van der Waals surface area contributed by atoms with E-state index in [1.54, 1.807) is 0 Å². The van der Waals surface area contributed by atoms with Gasteiger partial charge in [-0.1, -0.05) is 24.3 Å². The van der Waals surface area contributed by atoms with Gasteiger partial charge in [0.15, 0.2) is 0 Å². The average Bonchev–Trinajstić information content (AvgIpc) is 2.54. The van der Waals surface area contributed by atoms with Gasteiger partial charge in [0.1, 0.15) is 0 Å². The molecule has 0 aromatic carbocycles. The number of hydrogen-bond donors (Lipinski definition) is 1. The van der Waals surface area contributed by atoms with Crippen molar-refractivity contribution >= 4 is 0 Å². The Labute approximate surface area is 108 Å². The van der Waals surface area contributed by atoms with Gasteiger partial charge >= 0.3 is 0 Å². The topological polar surface area (TPSA) is 49.0 Å². The van der Waals surface area contributed by atoms with Gasteiger partial charge in [-0.3, -0.25) is 0 Å². The van der Waals surface area contributed by atoms with Crippen LogP contribution in [0.5, 0.6) is 0 Å². The third-order valence-electron chi connectivity index (χ3n) is 2.67. The predicted octanol–water partition coefficient (Wildman–Crippen LogP) is 1.52. The quantitative estimate of drug-likeness (QED) is 0.758. The van der Waals surface area contributed by atoms with Crippen molar-refractivity contribution in [3.05, 3.63) is 24.3 Å². The van der Waals surface area contributed by atoms with Crippen molar-refractivity contribution < 1.29 is 18.9 Å². The van der Waals surface area contributed by atoms with Crippen molar-refractivity contribution in [2.75, 3.05) is 19.8 Å². The van der Waals surface area contributed by atoms with Crippen molar-refractivity contribution in [2.24, 2.45) is 0 Å². The number of ether oxygens (including phenoxy) is 4. The molecule has 5 nitrogen and oxygen atoms in total. The minimum Gasteiger partial charge on any atom is -0.336 e. The van der Waals surface area contributed by atoms with Crippen LogP contribution >= 0.6 is 0 Å². The highest BCUT2D eigenvalue weighted by atomic mass is 16.7. The van der Waals surface area contributed by atoms with E-state index in [4.69, 9.17) is 18.9 Å². The number of nitrogens with one attached hydrogen (secondary N) is 1. The minimum atomic E-state index is -0.534. The minimum absolute atomic E-state index is 0.280. The summed E-state index contributed by atoms with van der Waals surface area (Å²) in [6, 6.07) is 0. The molecule has 2 aliphatic heterocycles. The Morgan fingerprint density at radius 3 is 2.11 bits per heavy atom. The van der Waals surface area contributed by atoms with E-state index in [0.29, 0.717) is 19.8 Å². The Morgan fingerprint density at radius 1 is 0.889 bits per heavy atom. The van der Waals surface area contributed by atoms with Crippen LogP contribution in [0.15, 0.2) is 24.3 Å². The summed E-state index contributed by atoms with van der Waals surface area (Å²) in [6.45, 7) is 5.61. The van der Waals surface area contributed by atoms with Gasteiger partial charge in [-0.15, -0.1) is 0 Å². The van der Waals surface area contributed by atoms with Crippen LogP contribution in [-0.4, -0.2) is 38.2 Å². The van der Waals surface area contributed by atoms with Crippen LogP contribution in [0.2, 0.25) is 0 Å². The Balaban J connectivity index is 1.88. The highest BCUT2D eigenvalue weighted by molar-refractivity contribution is 4.90. The summed E-state index contributed by atoms with van der Waals surface area (Å²) in [5.74, 6) is 0. The lowest BCUT2D eigenvalue weighted by Crippen LogP contribution is -2.48. The van der Waals surface area contributed by atoms with Gasteiger partial charge in [-0.05, 0) is 20.3 Å². The molecule has 0 radical (unpaired) electrons. The summed E-state index contributed by atoms with van der Waals surface area (Å²) in [5, 5.41) is 3.06. The normalized spacial score (nSPS) is 31.3. The van der Waals surface area contributed by atoms with E-state index in [-0.39, 0.29) is 5.60 Å². The van der Waals surface area contributed by atoms with E-state index in [0.717, 1.165) is 6.42 Å². The molecule has 0 bridgehead atoms. The zero-order valence-corrected chi connectivity index (χ0v) is 10.9. The molecule has 0 amide bonds. The molecule has 0 aliphatic carbocycles. The molecule has 0 aromatic rings. The summed E-state index contributed by atoms with van der Waals surface area (Å²) in [7, 11) is 0. The van der Waals surface area contributed by atoms with Crippen LogP contribution < -0.4 is 5.32 Å². The van der Waals surface area contributed by atoms with Crippen LogP contribution in [0.1, 0.15) is 20.3 Å². The van der Waals surface area contributed by atoms with E-state index >= 15 is 0 Å². The molecule has 0 saturated heterocycles. The third-order valence-corrected chi connectivity index (χ3v) is 2.67. The van der Waals surface area contributed by atoms with Crippen LogP contribution in [0.4, 0.5) is 0 Å². The zero-order chi connectivity index (χ0) is 12.8. The molecule has 2 heterocycles. The summed E-state index contributed by atoms with van der Waals surface area (Å²) in [4.78, 5) is 0. The lowest BCUT2D eigenvalue weighted by Gasteiger charge is -2.33. The zero-order valence-electron chi connectivity index (χ0n) is 10.9. The Hall–Kier alpha value is -0.720.